The number of nitrogens with one attached hydrogen (secondary N) is 1. The second-order valence-electron chi connectivity index (χ2n) is 4.60. The molecular formula is C12H18N2O2S. The maximum Gasteiger partial charge on any atom is 0.256 e. The minimum Gasteiger partial charge on any atom is -0.437 e. The Hall–Kier alpha value is -0.970. The van der Waals surface area contributed by atoms with Crippen molar-refractivity contribution in [2.75, 3.05) is 5.75 Å². The van der Waals surface area contributed by atoms with E-state index in [-0.39, 0.29) is 5.91 Å². The number of amides is 1. The summed E-state index contributed by atoms with van der Waals surface area (Å²) in [5.74, 6) is 1.94. The zero-order valence-electron chi connectivity index (χ0n) is 10.4. The molecule has 0 aliphatic heterocycles. The summed E-state index contributed by atoms with van der Waals surface area (Å²) in [7, 11) is 0. The third-order valence-corrected chi connectivity index (χ3v) is 3.88. The van der Waals surface area contributed by atoms with Crippen LogP contribution in [0.4, 0.5) is 0 Å². The van der Waals surface area contributed by atoms with Crippen molar-refractivity contribution < 1.29 is 9.21 Å². The lowest BCUT2D eigenvalue weighted by atomic mass is 10.2. The van der Waals surface area contributed by atoms with Gasteiger partial charge in [-0.15, -0.1) is 0 Å². The largest absolute Gasteiger partial charge is 0.437 e. The third-order valence-electron chi connectivity index (χ3n) is 3.05. The van der Waals surface area contributed by atoms with Gasteiger partial charge in [0, 0.05) is 6.04 Å². The normalized spacial score (nSPS) is 16.9. The standard InChI is InChI=1S/C12H18N2O2S/c1-7-9(3)16-12(14-7)17-6-11(15)13-8(2)10-4-5-10/h8,10H,4-6H2,1-3H3,(H,13,15)/t8-/m0/s1. The van der Waals surface area contributed by atoms with Gasteiger partial charge in [-0.25, -0.2) is 4.98 Å². The molecule has 1 N–H and O–H groups in total. The van der Waals surface area contributed by atoms with E-state index in [1.807, 2.05) is 13.8 Å². The smallest absolute Gasteiger partial charge is 0.256 e. The molecule has 17 heavy (non-hydrogen) atoms. The van der Waals surface area contributed by atoms with E-state index in [0.29, 0.717) is 22.9 Å². The first-order valence-electron chi connectivity index (χ1n) is 5.92. The number of oxazole rings is 1. The molecule has 1 fully saturated rings. The van der Waals surface area contributed by atoms with E-state index in [9.17, 15) is 4.79 Å². The van der Waals surface area contributed by atoms with Crippen LogP contribution in [0.25, 0.3) is 0 Å². The van der Waals surface area contributed by atoms with Gasteiger partial charge in [-0.1, -0.05) is 11.8 Å². The predicted molar refractivity (Wildman–Crippen MR) is 67.0 cm³/mol. The molecule has 5 heteroatoms. The molecule has 1 atom stereocenters. The maximum absolute atomic E-state index is 11.6. The van der Waals surface area contributed by atoms with Crippen molar-refractivity contribution in [1.29, 1.82) is 0 Å². The molecular weight excluding hydrogens is 236 g/mol. The molecule has 1 saturated carbocycles. The molecule has 0 radical (unpaired) electrons. The van der Waals surface area contributed by atoms with Crippen molar-refractivity contribution in [2.24, 2.45) is 5.92 Å². The number of hydrogen-bond donors (Lipinski definition) is 1. The number of carbonyl (C=O) groups is 1. The van der Waals surface area contributed by atoms with Crippen LogP contribution in [0, 0.1) is 19.8 Å². The van der Waals surface area contributed by atoms with Gasteiger partial charge in [-0.2, -0.15) is 0 Å². The molecule has 1 heterocycles. The summed E-state index contributed by atoms with van der Waals surface area (Å²) >= 11 is 1.35. The van der Waals surface area contributed by atoms with E-state index in [1.54, 1.807) is 0 Å². The highest BCUT2D eigenvalue weighted by Gasteiger charge is 2.28. The zero-order valence-corrected chi connectivity index (χ0v) is 11.3. The van der Waals surface area contributed by atoms with E-state index in [2.05, 4.69) is 17.2 Å². The Morgan fingerprint density at radius 1 is 1.59 bits per heavy atom. The fraction of sp³-hybridized carbons (Fsp3) is 0.667. The highest BCUT2D eigenvalue weighted by molar-refractivity contribution is 7.99. The fourth-order valence-corrected chi connectivity index (χ4v) is 2.37. The number of hydrogen-bond acceptors (Lipinski definition) is 4. The Labute approximate surface area is 106 Å². The van der Waals surface area contributed by atoms with Crippen LogP contribution in [0.3, 0.4) is 0 Å². The predicted octanol–water partition coefficient (Wildman–Crippen LogP) is 2.30. The van der Waals surface area contributed by atoms with Gasteiger partial charge in [0.05, 0.1) is 11.4 Å². The molecule has 0 saturated heterocycles. The van der Waals surface area contributed by atoms with Gasteiger partial charge in [0.25, 0.3) is 5.22 Å². The topological polar surface area (TPSA) is 55.1 Å². The summed E-state index contributed by atoms with van der Waals surface area (Å²) < 4.78 is 5.40. The SMILES string of the molecule is Cc1nc(SCC(=O)N[C@@H](C)C2CC2)oc1C. The highest BCUT2D eigenvalue weighted by Crippen LogP contribution is 2.32. The Bertz CT molecular complexity index is 393. The zero-order chi connectivity index (χ0) is 12.4. The molecule has 2 rings (SSSR count). The van der Waals surface area contributed by atoms with Gasteiger partial charge in [0.1, 0.15) is 5.76 Å². The molecule has 1 aliphatic carbocycles. The summed E-state index contributed by atoms with van der Waals surface area (Å²) in [5, 5.41) is 3.58. The number of nitrogens with zero attached hydrogens (tertiary/aromatic N) is 1. The average molecular weight is 254 g/mol. The van der Waals surface area contributed by atoms with Crippen molar-refractivity contribution in [3.05, 3.63) is 11.5 Å². The van der Waals surface area contributed by atoms with E-state index in [1.165, 1.54) is 24.6 Å². The molecule has 1 amide bonds. The molecule has 1 aromatic heterocycles. The van der Waals surface area contributed by atoms with Crippen molar-refractivity contribution in [3.8, 4) is 0 Å². The van der Waals surface area contributed by atoms with Gasteiger partial charge < -0.3 is 9.73 Å². The van der Waals surface area contributed by atoms with Gasteiger partial charge in [0.2, 0.25) is 5.91 Å². The van der Waals surface area contributed by atoms with E-state index >= 15 is 0 Å². The Morgan fingerprint density at radius 3 is 2.82 bits per heavy atom. The number of thioether (sulfide) groups is 1. The second kappa shape index (κ2) is 5.12. The van der Waals surface area contributed by atoms with Crippen LogP contribution in [0.15, 0.2) is 9.64 Å². The molecule has 4 nitrogen and oxygen atoms in total. The summed E-state index contributed by atoms with van der Waals surface area (Å²) in [6.45, 7) is 5.85. The minimum absolute atomic E-state index is 0.0582. The van der Waals surface area contributed by atoms with Gasteiger partial charge in [-0.05, 0) is 39.5 Å². The first-order chi connectivity index (χ1) is 8.06. The number of carbonyl (C=O) groups excluding carboxylic acids is 1. The lowest BCUT2D eigenvalue weighted by Crippen LogP contribution is -2.35. The molecule has 1 aliphatic rings. The summed E-state index contributed by atoms with van der Waals surface area (Å²) in [4.78, 5) is 15.9. The number of rotatable bonds is 5. The van der Waals surface area contributed by atoms with Gasteiger partial charge in [0.15, 0.2) is 0 Å². The van der Waals surface area contributed by atoms with Crippen molar-refractivity contribution in [3.63, 3.8) is 0 Å². The van der Waals surface area contributed by atoms with Gasteiger partial charge in [-0.3, -0.25) is 4.79 Å². The fourth-order valence-electron chi connectivity index (χ4n) is 1.64. The monoisotopic (exact) mass is 254 g/mol. The molecule has 0 unspecified atom stereocenters. The number of aromatic nitrogens is 1. The molecule has 1 aromatic rings. The van der Waals surface area contributed by atoms with E-state index in [0.717, 1.165) is 11.5 Å². The first-order valence-corrected chi connectivity index (χ1v) is 6.91. The molecule has 0 spiro atoms. The van der Waals surface area contributed by atoms with E-state index in [4.69, 9.17) is 4.42 Å². The molecule has 94 valence electrons. The van der Waals surface area contributed by atoms with Crippen LogP contribution in [-0.4, -0.2) is 22.7 Å². The Balaban J connectivity index is 1.75. The van der Waals surface area contributed by atoms with Crippen LogP contribution in [0.5, 0.6) is 0 Å². The van der Waals surface area contributed by atoms with Crippen LogP contribution in [-0.2, 0) is 4.79 Å². The van der Waals surface area contributed by atoms with Crippen molar-refractivity contribution in [2.45, 2.75) is 44.9 Å². The van der Waals surface area contributed by atoms with Crippen LogP contribution >= 0.6 is 11.8 Å². The third kappa shape index (κ3) is 3.49. The van der Waals surface area contributed by atoms with Crippen molar-refractivity contribution >= 4 is 17.7 Å². The first kappa shape index (κ1) is 12.5. The lowest BCUT2D eigenvalue weighted by molar-refractivity contribution is -0.119. The summed E-state index contributed by atoms with van der Waals surface area (Å²) in [6, 6.07) is 0.302. The maximum atomic E-state index is 11.6. The second-order valence-corrected chi connectivity index (χ2v) is 5.53. The van der Waals surface area contributed by atoms with Crippen molar-refractivity contribution in [1.82, 2.24) is 10.3 Å². The Morgan fingerprint density at radius 2 is 2.29 bits per heavy atom. The quantitative estimate of drug-likeness (QED) is 0.819. The summed E-state index contributed by atoms with van der Waals surface area (Å²) in [6.07, 6.45) is 2.49. The number of aryl methyl sites for hydroxylation is 2. The molecule has 0 bridgehead atoms. The highest BCUT2D eigenvalue weighted by atomic mass is 32.2. The average Bonchev–Trinajstić information content (AvgIpc) is 3.05. The van der Waals surface area contributed by atoms with Crippen LogP contribution < -0.4 is 5.32 Å². The van der Waals surface area contributed by atoms with Crippen LogP contribution in [0.2, 0.25) is 0 Å². The Kier molecular flexibility index (Phi) is 3.76. The van der Waals surface area contributed by atoms with E-state index < -0.39 is 0 Å². The van der Waals surface area contributed by atoms with Crippen LogP contribution in [0.1, 0.15) is 31.2 Å². The summed E-state index contributed by atoms with van der Waals surface area (Å²) in [5.41, 5.74) is 0.888. The lowest BCUT2D eigenvalue weighted by Gasteiger charge is -2.11. The molecule has 0 aromatic carbocycles. The van der Waals surface area contributed by atoms with Gasteiger partial charge >= 0.3 is 0 Å². The minimum atomic E-state index is 0.0582.